The monoisotopic (exact) mass is 290 g/mol. The van der Waals surface area contributed by atoms with Crippen LogP contribution in [0.1, 0.15) is 20.8 Å². The van der Waals surface area contributed by atoms with Gasteiger partial charge >= 0.3 is 6.03 Å². The molecule has 0 spiro atoms. The van der Waals surface area contributed by atoms with E-state index < -0.39 is 0 Å². The molecule has 0 unspecified atom stereocenters. The molecule has 92 valence electrons. The van der Waals surface area contributed by atoms with Crippen LogP contribution in [0.3, 0.4) is 0 Å². The van der Waals surface area contributed by atoms with Gasteiger partial charge in [-0.2, -0.15) is 0 Å². The highest BCUT2D eigenvalue weighted by molar-refractivity contribution is 9.11. The van der Waals surface area contributed by atoms with Gasteiger partial charge in [-0.3, -0.25) is 0 Å². The van der Waals surface area contributed by atoms with E-state index in [2.05, 4.69) is 27.8 Å². The van der Waals surface area contributed by atoms with Crippen LogP contribution in [0, 0.1) is 0 Å². The summed E-state index contributed by atoms with van der Waals surface area (Å²) in [5, 5.41) is 2.80. The Morgan fingerprint density at radius 1 is 1.69 bits per heavy atom. The van der Waals surface area contributed by atoms with E-state index in [1.165, 1.54) is 0 Å². The number of urea groups is 1. The lowest BCUT2D eigenvalue weighted by Crippen LogP contribution is -2.56. The standard InChI is InChI=1S/C11H19BrN2O2/c1-8(12)5-13-10(15)14-6-9(2)16-11(3,4)7-14/h9H,1,5-7H2,2-4H3,(H,13,15)/t9-/m0/s1. The summed E-state index contributed by atoms with van der Waals surface area (Å²) < 4.78 is 6.50. The van der Waals surface area contributed by atoms with Gasteiger partial charge in [-0.05, 0) is 20.8 Å². The molecule has 0 bridgehead atoms. The molecule has 1 aliphatic rings. The van der Waals surface area contributed by atoms with Crippen LogP contribution >= 0.6 is 15.9 Å². The fourth-order valence-corrected chi connectivity index (χ4v) is 2.03. The number of ether oxygens (including phenoxy) is 1. The van der Waals surface area contributed by atoms with Gasteiger partial charge in [0.1, 0.15) is 0 Å². The van der Waals surface area contributed by atoms with E-state index >= 15 is 0 Å². The van der Waals surface area contributed by atoms with Crippen LogP contribution in [0.25, 0.3) is 0 Å². The summed E-state index contributed by atoms with van der Waals surface area (Å²) in [5.41, 5.74) is -0.277. The first-order chi connectivity index (χ1) is 7.30. The molecule has 1 N–H and O–H groups in total. The lowest BCUT2D eigenvalue weighted by molar-refractivity contribution is -0.117. The first-order valence-electron chi connectivity index (χ1n) is 5.34. The van der Waals surface area contributed by atoms with Crippen LogP contribution in [0.2, 0.25) is 0 Å². The van der Waals surface area contributed by atoms with Gasteiger partial charge in [0.25, 0.3) is 0 Å². The summed E-state index contributed by atoms with van der Waals surface area (Å²) in [6.45, 7) is 11.3. The minimum Gasteiger partial charge on any atom is -0.369 e. The van der Waals surface area contributed by atoms with Crippen molar-refractivity contribution in [2.45, 2.75) is 32.5 Å². The molecule has 1 atom stereocenters. The Morgan fingerprint density at radius 2 is 2.31 bits per heavy atom. The Bertz CT molecular complexity index is 292. The molecule has 1 rings (SSSR count). The molecule has 5 heteroatoms. The third kappa shape index (κ3) is 4.14. The maximum absolute atomic E-state index is 11.8. The molecule has 0 aromatic rings. The molecule has 0 saturated carbocycles. The Hall–Kier alpha value is -0.550. The maximum atomic E-state index is 11.8. The van der Waals surface area contributed by atoms with Crippen LogP contribution < -0.4 is 5.32 Å². The number of hydrogen-bond acceptors (Lipinski definition) is 2. The van der Waals surface area contributed by atoms with Gasteiger partial charge in [-0.25, -0.2) is 4.79 Å². The number of amides is 2. The highest BCUT2D eigenvalue weighted by atomic mass is 79.9. The van der Waals surface area contributed by atoms with Crippen molar-refractivity contribution in [1.29, 1.82) is 0 Å². The van der Waals surface area contributed by atoms with Crippen LogP contribution in [-0.4, -0.2) is 42.3 Å². The minimum atomic E-state index is -0.277. The summed E-state index contributed by atoms with van der Waals surface area (Å²) in [6.07, 6.45) is 0.0710. The number of carbonyl (C=O) groups excluding carboxylic acids is 1. The second-order valence-electron chi connectivity index (χ2n) is 4.74. The van der Waals surface area contributed by atoms with Crippen molar-refractivity contribution in [3.63, 3.8) is 0 Å². The largest absolute Gasteiger partial charge is 0.369 e. The zero-order valence-corrected chi connectivity index (χ0v) is 11.6. The van der Waals surface area contributed by atoms with Crippen LogP contribution in [0.4, 0.5) is 4.79 Å². The van der Waals surface area contributed by atoms with E-state index in [0.29, 0.717) is 19.6 Å². The van der Waals surface area contributed by atoms with E-state index in [9.17, 15) is 4.79 Å². The molecule has 16 heavy (non-hydrogen) atoms. The topological polar surface area (TPSA) is 41.6 Å². The number of rotatable bonds is 2. The van der Waals surface area contributed by atoms with Crippen LogP contribution in [-0.2, 0) is 4.74 Å². The van der Waals surface area contributed by atoms with Gasteiger partial charge < -0.3 is 15.0 Å². The highest BCUT2D eigenvalue weighted by Crippen LogP contribution is 2.20. The van der Waals surface area contributed by atoms with E-state index in [0.717, 1.165) is 4.48 Å². The van der Waals surface area contributed by atoms with Gasteiger partial charge in [0.15, 0.2) is 0 Å². The number of halogens is 1. The van der Waals surface area contributed by atoms with Crippen molar-refractivity contribution in [1.82, 2.24) is 10.2 Å². The van der Waals surface area contributed by atoms with Crippen LogP contribution in [0.5, 0.6) is 0 Å². The van der Waals surface area contributed by atoms with Gasteiger partial charge in [-0.1, -0.05) is 22.5 Å². The summed E-state index contributed by atoms with van der Waals surface area (Å²) in [4.78, 5) is 13.6. The fraction of sp³-hybridized carbons (Fsp3) is 0.727. The minimum absolute atomic E-state index is 0.0659. The van der Waals surface area contributed by atoms with E-state index in [4.69, 9.17) is 4.74 Å². The Labute approximate surface area is 105 Å². The maximum Gasteiger partial charge on any atom is 0.317 e. The normalized spacial score (nSPS) is 24.0. The predicted octanol–water partition coefficient (Wildman–Crippen LogP) is 2.10. The third-order valence-electron chi connectivity index (χ3n) is 2.29. The van der Waals surface area contributed by atoms with Crippen molar-refractivity contribution in [3.8, 4) is 0 Å². The Balaban J connectivity index is 2.52. The van der Waals surface area contributed by atoms with Crippen molar-refractivity contribution in [3.05, 3.63) is 11.1 Å². The Morgan fingerprint density at radius 3 is 2.81 bits per heavy atom. The second kappa shape index (κ2) is 5.19. The fourth-order valence-electron chi connectivity index (χ4n) is 1.89. The molecule has 1 fully saturated rings. The van der Waals surface area contributed by atoms with Gasteiger partial charge in [0, 0.05) is 11.0 Å². The number of nitrogens with one attached hydrogen (secondary N) is 1. The average Bonchev–Trinajstić information content (AvgIpc) is 2.10. The number of hydrogen-bond donors (Lipinski definition) is 1. The number of nitrogens with zero attached hydrogens (tertiary/aromatic N) is 1. The summed E-state index contributed by atoms with van der Waals surface area (Å²) >= 11 is 3.21. The van der Waals surface area contributed by atoms with Crippen molar-refractivity contribution in [2.75, 3.05) is 19.6 Å². The third-order valence-corrected chi connectivity index (χ3v) is 2.57. The predicted molar refractivity (Wildman–Crippen MR) is 67.7 cm³/mol. The molecule has 0 aliphatic carbocycles. The van der Waals surface area contributed by atoms with Crippen molar-refractivity contribution >= 4 is 22.0 Å². The Kier molecular flexibility index (Phi) is 4.38. The van der Waals surface area contributed by atoms with Gasteiger partial charge in [0.2, 0.25) is 0 Å². The lowest BCUT2D eigenvalue weighted by Gasteiger charge is -2.41. The first kappa shape index (κ1) is 13.5. The molecule has 1 heterocycles. The number of morpholine rings is 1. The van der Waals surface area contributed by atoms with Crippen molar-refractivity contribution < 1.29 is 9.53 Å². The SMILES string of the molecule is C=C(Br)CNC(=O)N1C[C@H](C)OC(C)(C)C1. The molecule has 0 aromatic heterocycles. The van der Waals surface area contributed by atoms with E-state index in [1.807, 2.05) is 20.8 Å². The molecule has 1 saturated heterocycles. The zero-order chi connectivity index (χ0) is 12.3. The van der Waals surface area contributed by atoms with Gasteiger partial charge in [0.05, 0.1) is 24.8 Å². The molecular formula is C11H19BrN2O2. The van der Waals surface area contributed by atoms with E-state index in [-0.39, 0.29) is 17.7 Å². The summed E-state index contributed by atoms with van der Waals surface area (Å²) in [6, 6.07) is -0.0659. The van der Waals surface area contributed by atoms with Gasteiger partial charge in [-0.15, -0.1) is 0 Å². The van der Waals surface area contributed by atoms with E-state index in [1.54, 1.807) is 4.90 Å². The number of carbonyl (C=O) groups is 1. The zero-order valence-electron chi connectivity index (χ0n) is 10.0. The second-order valence-corrected chi connectivity index (χ2v) is 5.87. The molecule has 0 aromatic carbocycles. The lowest BCUT2D eigenvalue weighted by atomic mass is 10.1. The highest BCUT2D eigenvalue weighted by Gasteiger charge is 2.33. The molecular weight excluding hydrogens is 272 g/mol. The van der Waals surface area contributed by atoms with Crippen molar-refractivity contribution in [2.24, 2.45) is 0 Å². The summed E-state index contributed by atoms with van der Waals surface area (Å²) in [5.74, 6) is 0. The first-order valence-corrected chi connectivity index (χ1v) is 6.13. The molecule has 2 amide bonds. The smallest absolute Gasteiger partial charge is 0.317 e. The average molecular weight is 291 g/mol. The molecule has 1 aliphatic heterocycles. The molecule has 0 radical (unpaired) electrons. The van der Waals surface area contributed by atoms with Crippen LogP contribution in [0.15, 0.2) is 11.1 Å². The quantitative estimate of drug-likeness (QED) is 0.846. The molecule has 4 nitrogen and oxygen atoms in total. The summed E-state index contributed by atoms with van der Waals surface area (Å²) in [7, 11) is 0.